The van der Waals surface area contributed by atoms with Gasteiger partial charge in [-0.1, -0.05) is 0 Å². The highest BCUT2D eigenvalue weighted by molar-refractivity contribution is 5.99. The largest absolute Gasteiger partial charge is 0.481 e. The molecular weight excluding hydrogens is 394 g/mol. The first-order valence-electron chi connectivity index (χ1n) is 10.7. The average Bonchev–Trinajstić information content (AvgIpc) is 3.14. The number of aromatic nitrogens is 3. The summed E-state index contributed by atoms with van der Waals surface area (Å²) in [6.45, 7) is 1.61. The highest BCUT2D eigenvalue weighted by Gasteiger charge is 2.20. The molecule has 1 aliphatic carbocycles. The zero-order valence-corrected chi connectivity index (χ0v) is 18.3. The van der Waals surface area contributed by atoms with Crippen molar-refractivity contribution in [1.82, 2.24) is 19.9 Å². The van der Waals surface area contributed by atoms with Gasteiger partial charge in [-0.15, -0.1) is 0 Å². The van der Waals surface area contributed by atoms with E-state index in [0.717, 1.165) is 32.4 Å². The number of carbonyl (C=O) groups excluding carboxylic acids is 1. The summed E-state index contributed by atoms with van der Waals surface area (Å²) >= 11 is 0. The van der Waals surface area contributed by atoms with E-state index < -0.39 is 0 Å². The van der Waals surface area contributed by atoms with Crippen molar-refractivity contribution in [3.63, 3.8) is 0 Å². The van der Waals surface area contributed by atoms with Crippen molar-refractivity contribution in [2.24, 2.45) is 0 Å². The maximum Gasteiger partial charge on any atom is 0.251 e. The second-order valence-electron chi connectivity index (χ2n) is 7.65. The van der Waals surface area contributed by atoms with Crippen LogP contribution < -0.4 is 20.1 Å². The third kappa shape index (κ3) is 4.28. The number of ether oxygens (including phenoxy) is 2. The zero-order chi connectivity index (χ0) is 21.8. The van der Waals surface area contributed by atoms with E-state index in [1.165, 1.54) is 35.0 Å². The summed E-state index contributed by atoms with van der Waals surface area (Å²) in [5.74, 6) is 1.38. The standard InChI is InChI=1S/C23H29N5O3/c1-24-22(29)15-9-10-19-17(13-15)16-7-4-5-8-18(16)28(19)12-6-11-25-23-26-20(30-2)14-21(27-23)31-3/h9-10,13-14H,4-8,11-12H2,1-3H3,(H,24,29)(H,25,26,27). The molecule has 1 amide bonds. The Balaban J connectivity index is 1.51. The molecule has 0 radical (unpaired) electrons. The molecule has 0 aliphatic heterocycles. The Bertz CT molecular complexity index is 1070. The van der Waals surface area contributed by atoms with Crippen molar-refractivity contribution in [3.05, 3.63) is 41.1 Å². The van der Waals surface area contributed by atoms with Crippen molar-refractivity contribution in [2.75, 3.05) is 33.1 Å². The van der Waals surface area contributed by atoms with Crippen molar-refractivity contribution in [2.45, 2.75) is 38.6 Å². The van der Waals surface area contributed by atoms with Gasteiger partial charge in [0.1, 0.15) is 0 Å². The molecule has 8 heteroatoms. The summed E-state index contributed by atoms with van der Waals surface area (Å²) in [5, 5.41) is 7.20. The van der Waals surface area contributed by atoms with Crippen LogP contribution in [0.2, 0.25) is 0 Å². The van der Waals surface area contributed by atoms with Gasteiger partial charge >= 0.3 is 0 Å². The first-order valence-corrected chi connectivity index (χ1v) is 10.7. The van der Waals surface area contributed by atoms with Crippen LogP contribution in [0.4, 0.5) is 5.95 Å². The molecule has 1 aromatic carbocycles. The van der Waals surface area contributed by atoms with Crippen LogP contribution in [0.15, 0.2) is 24.3 Å². The minimum Gasteiger partial charge on any atom is -0.481 e. The molecule has 3 aromatic rings. The lowest BCUT2D eigenvalue weighted by Gasteiger charge is -2.16. The van der Waals surface area contributed by atoms with Gasteiger partial charge < -0.3 is 24.7 Å². The highest BCUT2D eigenvalue weighted by Crippen LogP contribution is 2.33. The second kappa shape index (κ2) is 9.24. The molecule has 1 aliphatic rings. The number of amides is 1. The smallest absolute Gasteiger partial charge is 0.251 e. The first kappa shape index (κ1) is 21.0. The van der Waals surface area contributed by atoms with Crippen LogP contribution in [0.1, 0.15) is 40.9 Å². The maximum absolute atomic E-state index is 12.1. The zero-order valence-electron chi connectivity index (χ0n) is 18.3. The summed E-state index contributed by atoms with van der Waals surface area (Å²) in [7, 11) is 4.81. The number of benzene rings is 1. The van der Waals surface area contributed by atoms with Crippen LogP contribution in [0, 0.1) is 0 Å². The van der Waals surface area contributed by atoms with E-state index in [4.69, 9.17) is 9.47 Å². The molecule has 0 bridgehead atoms. The fourth-order valence-electron chi connectivity index (χ4n) is 4.31. The van der Waals surface area contributed by atoms with E-state index in [1.807, 2.05) is 12.1 Å². The molecule has 8 nitrogen and oxygen atoms in total. The van der Waals surface area contributed by atoms with Crippen molar-refractivity contribution in [1.29, 1.82) is 0 Å². The predicted molar refractivity (Wildman–Crippen MR) is 120 cm³/mol. The van der Waals surface area contributed by atoms with Gasteiger partial charge in [0, 0.05) is 42.3 Å². The summed E-state index contributed by atoms with van der Waals surface area (Å²) in [4.78, 5) is 20.8. The van der Waals surface area contributed by atoms with Gasteiger partial charge in [0.25, 0.3) is 5.91 Å². The van der Waals surface area contributed by atoms with Crippen molar-refractivity contribution < 1.29 is 14.3 Å². The molecule has 0 spiro atoms. The van der Waals surface area contributed by atoms with E-state index in [9.17, 15) is 4.79 Å². The fraction of sp³-hybridized carbons (Fsp3) is 0.435. The van der Waals surface area contributed by atoms with E-state index in [1.54, 1.807) is 27.3 Å². The number of rotatable bonds is 8. The predicted octanol–water partition coefficient (Wildman–Crippen LogP) is 3.19. The molecule has 0 unspecified atom stereocenters. The molecule has 4 rings (SSSR count). The van der Waals surface area contributed by atoms with E-state index in [0.29, 0.717) is 23.3 Å². The number of methoxy groups -OCH3 is 2. The van der Waals surface area contributed by atoms with Crippen LogP contribution in [0.25, 0.3) is 10.9 Å². The topological polar surface area (TPSA) is 90.3 Å². The molecule has 2 heterocycles. The summed E-state index contributed by atoms with van der Waals surface area (Å²) in [5.41, 5.74) is 4.74. The molecule has 2 aromatic heterocycles. The molecule has 31 heavy (non-hydrogen) atoms. The quantitative estimate of drug-likeness (QED) is 0.541. The SMILES string of the molecule is CNC(=O)c1ccc2c(c1)c1c(n2CCCNc2nc(OC)cc(OC)n2)CCCC1. The lowest BCUT2D eigenvalue weighted by molar-refractivity contribution is 0.0963. The van der Waals surface area contributed by atoms with E-state index in [-0.39, 0.29) is 5.91 Å². The number of anilines is 1. The molecule has 2 N–H and O–H groups in total. The van der Waals surface area contributed by atoms with Gasteiger partial charge in [-0.3, -0.25) is 4.79 Å². The third-order valence-corrected chi connectivity index (χ3v) is 5.81. The molecule has 164 valence electrons. The van der Waals surface area contributed by atoms with Gasteiger partial charge in [0.2, 0.25) is 17.7 Å². The normalized spacial score (nSPS) is 13.0. The Kier molecular flexibility index (Phi) is 6.25. The van der Waals surface area contributed by atoms with Crippen LogP contribution >= 0.6 is 0 Å². The number of fused-ring (bicyclic) bond motifs is 3. The molecule has 0 saturated heterocycles. The van der Waals surface area contributed by atoms with Crippen LogP contribution in [-0.2, 0) is 19.4 Å². The summed E-state index contributed by atoms with van der Waals surface area (Å²) in [6.07, 6.45) is 5.49. The van der Waals surface area contributed by atoms with Gasteiger partial charge in [0.15, 0.2) is 0 Å². The maximum atomic E-state index is 12.1. The van der Waals surface area contributed by atoms with Crippen LogP contribution in [0.3, 0.4) is 0 Å². The van der Waals surface area contributed by atoms with Crippen molar-refractivity contribution in [3.8, 4) is 11.8 Å². The number of carbonyl (C=O) groups is 1. The van der Waals surface area contributed by atoms with Crippen LogP contribution in [-0.4, -0.2) is 48.3 Å². The molecule has 0 atom stereocenters. The minimum absolute atomic E-state index is 0.0443. The molecular formula is C23H29N5O3. The van der Waals surface area contributed by atoms with E-state index >= 15 is 0 Å². The Morgan fingerprint density at radius 1 is 1.10 bits per heavy atom. The first-order chi connectivity index (χ1) is 15.1. The summed E-state index contributed by atoms with van der Waals surface area (Å²) < 4.78 is 12.8. The molecule has 0 saturated carbocycles. The Morgan fingerprint density at radius 3 is 2.55 bits per heavy atom. The van der Waals surface area contributed by atoms with Gasteiger partial charge in [0.05, 0.1) is 20.3 Å². The average molecular weight is 424 g/mol. The lowest BCUT2D eigenvalue weighted by atomic mass is 9.95. The Morgan fingerprint density at radius 2 is 1.84 bits per heavy atom. The van der Waals surface area contributed by atoms with E-state index in [2.05, 4.69) is 31.2 Å². The number of nitrogens with one attached hydrogen (secondary N) is 2. The summed E-state index contributed by atoms with van der Waals surface area (Å²) in [6, 6.07) is 7.69. The Labute approximate surface area is 182 Å². The van der Waals surface area contributed by atoms with Gasteiger partial charge in [-0.25, -0.2) is 0 Å². The number of nitrogens with zero attached hydrogens (tertiary/aromatic N) is 3. The lowest BCUT2D eigenvalue weighted by Crippen LogP contribution is -2.17. The number of aryl methyl sites for hydroxylation is 2. The van der Waals surface area contributed by atoms with Gasteiger partial charge in [-0.05, 0) is 55.9 Å². The third-order valence-electron chi connectivity index (χ3n) is 5.81. The van der Waals surface area contributed by atoms with Gasteiger partial charge in [-0.2, -0.15) is 9.97 Å². The monoisotopic (exact) mass is 423 g/mol. The Hall–Kier alpha value is -3.29. The highest BCUT2D eigenvalue weighted by atomic mass is 16.5. The second-order valence-corrected chi connectivity index (χ2v) is 7.65. The van der Waals surface area contributed by atoms with Crippen LogP contribution in [0.5, 0.6) is 11.8 Å². The number of hydrogen-bond acceptors (Lipinski definition) is 6. The minimum atomic E-state index is -0.0443. The fourth-order valence-corrected chi connectivity index (χ4v) is 4.31. The van der Waals surface area contributed by atoms with Crippen molar-refractivity contribution >= 4 is 22.8 Å². The number of hydrogen-bond donors (Lipinski definition) is 2. The molecule has 0 fully saturated rings.